The van der Waals surface area contributed by atoms with Gasteiger partial charge < -0.3 is 9.84 Å². The van der Waals surface area contributed by atoms with Crippen molar-refractivity contribution >= 4 is 17.6 Å². The second-order valence-corrected chi connectivity index (χ2v) is 5.42. The molecule has 0 aromatic heterocycles. The molecule has 0 bridgehead atoms. The van der Waals surface area contributed by atoms with E-state index >= 15 is 0 Å². The highest BCUT2D eigenvalue weighted by atomic mass is 35.5. The zero-order valence-electron chi connectivity index (χ0n) is 11.0. The van der Waals surface area contributed by atoms with Gasteiger partial charge in [0.2, 0.25) is 5.82 Å². The molecule has 1 fully saturated rings. The predicted octanol–water partition coefficient (Wildman–Crippen LogP) is 3.91. The molecule has 110 valence electrons. The second kappa shape index (κ2) is 5.56. The molecule has 0 heterocycles. The Kier molecular flexibility index (Phi) is 4.18. The van der Waals surface area contributed by atoms with Gasteiger partial charge in [-0.3, -0.25) is 4.79 Å². The minimum atomic E-state index is -1.26. The largest absolute Gasteiger partial charge is 0.493 e. The van der Waals surface area contributed by atoms with Gasteiger partial charge >= 0.3 is 5.97 Å². The Bertz CT molecular complexity index is 540. The Labute approximate surface area is 120 Å². The maximum absolute atomic E-state index is 13.9. The van der Waals surface area contributed by atoms with Crippen molar-refractivity contribution in [2.75, 3.05) is 7.11 Å². The highest BCUT2D eigenvalue weighted by molar-refractivity contribution is 6.30. The van der Waals surface area contributed by atoms with E-state index in [-0.39, 0.29) is 11.3 Å². The molecule has 1 aromatic carbocycles. The van der Waals surface area contributed by atoms with Crippen LogP contribution in [-0.2, 0) is 10.2 Å². The summed E-state index contributed by atoms with van der Waals surface area (Å²) >= 11 is 5.67. The third kappa shape index (κ3) is 2.24. The van der Waals surface area contributed by atoms with Crippen LogP contribution in [0.2, 0.25) is 5.02 Å². The van der Waals surface area contributed by atoms with Crippen molar-refractivity contribution in [3.05, 3.63) is 28.3 Å². The van der Waals surface area contributed by atoms with Crippen LogP contribution in [0.15, 0.2) is 6.07 Å². The van der Waals surface area contributed by atoms with Crippen LogP contribution in [0.4, 0.5) is 8.78 Å². The summed E-state index contributed by atoms with van der Waals surface area (Å²) in [5.74, 6) is -3.88. The highest BCUT2D eigenvalue weighted by Gasteiger charge is 2.44. The fraction of sp³-hybridized carbons (Fsp3) is 0.500. The van der Waals surface area contributed by atoms with E-state index in [9.17, 15) is 18.7 Å². The van der Waals surface area contributed by atoms with Crippen molar-refractivity contribution in [3.63, 3.8) is 0 Å². The molecule has 0 atom stereocenters. The second-order valence-electron chi connectivity index (χ2n) is 5.02. The van der Waals surface area contributed by atoms with E-state index in [1.807, 2.05) is 0 Å². The van der Waals surface area contributed by atoms with Gasteiger partial charge in [-0.15, -0.1) is 0 Å². The van der Waals surface area contributed by atoms with Crippen molar-refractivity contribution in [3.8, 4) is 5.75 Å². The van der Waals surface area contributed by atoms with E-state index < -0.39 is 28.0 Å². The Morgan fingerprint density at radius 3 is 2.40 bits per heavy atom. The third-order valence-corrected chi connectivity index (χ3v) is 4.23. The predicted molar refractivity (Wildman–Crippen MR) is 70.3 cm³/mol. The zero-order chi connectivity index (χ0) is 14.9. The zero-order valence-corrected chi connectivity index (χ0v) is 11.8. The van der Waals surface area contributed by atoms with Crippen LogP contribution in [0.25, 0.3) is 0 Å². The smallest absolute Gasteiger partial charge is 0.314 e. The fourth-order valence-corrected chi connectivity index (χ4v) is 3.08. The summed E-state index contributed by atoms with van der Waals surface area (Å²) in [4.78, 5) is 11.7. The Balaban J connectivity index is 2.68. The van der Waals surface area contributed by atoms with Crippen molar-refractivity contribution in [2.24, 2.45) is 0 Å². The monoisotopic (exact) mass is 304 g/mol. The SMILES string of the molecule is COc1c(C2(C(=O)O)CCCCC2)cc(Cl)c(F)c1F. The van der Waals surface area contributed by atoms with E-state index in [1.54, 1.807) is 0 Å². The number of hydrogen-bond donors (Lipinski definition) is 1. The number of carboxylic acids is 1. The van der Waals surface area contributed by atoms with Gasteiger partial charge in [-0.05, 0) is 18.9 Å². The van der Waals surface area contributed by atoms with E-state index in [0.29, 0.717) is 25.7 Å². The summed E-state index contributed by atoms with van der Waals surface area (Å²) < 4.78 is 32.4. The van der Waals surface area contributed by atoms with Gasteiger partial charge in [0, 0.05) is 5.56 Å². The summed E-state index contributed by atoms with van der Waals surface area (Å²) in [6.07, 6.45) is 3.08. The molecule has 20 heavy (non-hydrogen) atoms. The first-order chi connectivity index (χ1) is 9.44. The van der Waals surface area contributed by atoms with Crippen LogP contribution in [-0.4, -0.2) is 18.2 Å². The molecule has 0 saturated heterocycles. The standard InChI is InChI=1S/C14H15ClF2O3/c1-20-12-8(7-9(15)10(16)11(12)17)14(13(18)19)5-3-2-4-6-14/h7H,2-6H2,1H3,(H,18,19). The van der Waals surface area contributed by atoms with Crippen LogP contribution in [0.5, 0.6) is 5.75 Å². The lowest BCUT2D eigenvalue weighted by Gasteiger charge is -2.34. The number of halogens is 3. The molecule has 1 N–H and O–H groups in total. The van der Waals surface area contributed by atoms with Gasteiger partial charge in [-0.2, -0.15) is 4.39 Å². The average molecular weight is 305 g/mol. The lowest BCUT2D eigenvalue weighted by Crippen LogP contribution is -2.38. The third-order valence-electron chi connectivity index (χ3n) is 3.95. The lowest BCUT2D eigenvalue weighted by molar-refractivity contribution is -0.145. The lowest BCUT2D eigenvalue weighted by atomic mass is 9.69. The van der Waals surface area contributed by atoms with Crippen LogP contribution < -0.4 is 4.74 Å². The number of ether oxygens (including phenoxy) is 1. The van der Waals surface area contributed by atoms with Gasteiger partial charge in [0.05, 0.1) is 17.5 Å². The van der Waals surface area contributed by atoms with Crippen molar-refractivity contribution in [1.29, 1.82) is 0 Å². The van der Waals surface area contributed by atoms with E-state index in [1.165, 1.54) is 13.2 Å². The van der Waals surface area contributed by atoms with Crippen molar-refractivity contribution in [1.82, 2.24) is 0 Å². The molecule has 1 aliphatic carbocycles. The van der Waals surface area contributed by atoms with E-state index in [2.05, 4.69) is 0 Å². The number of benzene rings is 1. The normalized spacial score (nSPS) is 17.8. The minimum Gasteiger partial charge on any atom is -0.493 e. The maximum Gasteiger partial charge on any atom is 0.314 e. The quantitative estimate of drug-likeness (QED) is 0.861. The molecule has 0 unspecified atom stereocenters. The Morgan fingerprint density at radius 2 is 1.90 bits per heavy atom. The molecule has 0 amide bonds. The molecule has 0 radical (unpaired) electrons. The topological polar surface area (TPSA) is 46.5 Å². The Morgan fingerprint density at radius 1 is 1.30 bits per heavy atom. The van der Waals surface area contributed by atoms with Crippen molar-refractivity contribution < 1.29 is 23.4 Å². The minimum absolute atomic E-state index is 0.121. The summed E-state index contributed by atoms with van der Waals surface area (Å²) in [6, 6.07) is 1.18. The van der Waals surface area contributed by atoms with Gasteiger partial charge in [0.25, 0.3) is 0 Å². The summed E-state index contributed by atoms with van der Waals surface area (Å²) in [6.45, 7) is 0. The van der Waals surface area contributed by atoms with Gasteiger partial charge in [-0.25, -0.2) is 4.39 Å². The molecular weight excluding hydrogens is 290 g/mol. The number of methoxy groups -OCH3 is 1. The van der Waals surface area contributed by atoms with Gasteiger partial charge in [0.1, 0.15) is 0 Å². The van der Waals surface area contributed by atoms with E-state index in [4.69, 9.17) is 16.3 Å². The summed E-state index contributed by atoms with van der Waals surface area (Å²) in [7, 11) is 1.19. The molecule has 3 nitrogen and oxygen atoms in total. The molecule has 0 aliphatic heterocycles. The molecule has 0 spiro atoms. The molecule has 1 saturated carbocycles. The number of aliphatic carboxylic acids is 1. The number of carboxylic acid groups (broad SMARTS) is 1. The average Bonchev–Trinajstić information content (AvgIpc) is 2.45. The number of hydrogen-bond acceptors (Lipinski definition) is 2. The fourth-order valence-electron chi connectivity index (χ4n) is 2.89. The van der Waals surface area contributed by atoms with E-state index in [0.717, 1.165) is 6.42 Å². The van der Waals surface area contributed by atoms with Crippen LogP contribution in [0, 0.1) is 11.6 Å². The summed E-state index contributed by atoms with van der Waals surface area (Å²) in [5, 5.41) is 9.17. The first-order valence-electron chi connectivity index (χ1n) is 6.39. The first kappa shape index (κ1) is 15.0. The molecule has 1 aliphatic rings. The molecular formula is C14H15ClF2O3. The molecule has 1 aromatic rings. The molecule has 6 heteroatoms. The Hall–Kier alpha value is -1.36. The van der Waals surface area contributed by atoms with Crippen LogP contribution >= 0.6 is 11.6 Å². The number of carbonyl (C=O) groups is 1. The number of rotatable bonds is 3. The van der Waals surface area contributed by atoms with Gasteiger partial charge in [-0.1, -0.05) is 30.9 Å². The van der Waals surface area contributed by atoms with Gasteiger partial charge in [0.15, 0.2) is 11.6 Å². The van der Waals surface area contributed by atoms with Crippen molar-refractivity contribution in [2.45, 2.75) is 37.5 Å². The summed E-state index contributed by atoms with van der Waals surface area (Å²) in [5.41, 5.74) is -1.14. The maximum atomic E-state index is 13.9. The molecule has 2 rings (SSSR count). The first-order valence-corrected chi connectivity index (χ1v) is 6.77. The van der Waals surface area contributed by atoms with Crippen LogP contribution in [0.3, 0.4) is 0 Å². The van der Waals surface area contributed by atoms with Crippen LogP contribution in [0.1, 0.15) is 37.7 Å². The highest BCUT2D eigenvalue weighted by Crippen LogP contribution is 2.46.